The molecule has 0 aliphatic carbocycles. The van der Waals surface area contributed by atoms with Gasteiger partial charge in [-0.3, -0.25) is 14.3 Å². The van der Waals surface area contributed by atoms with Crippen LogP contribution in [0.3, 0.4) is 0 Å². The van der Waals surface area contributed by atoms with Crippen molar-refractivity contribution in [2.24, 2.45) is 7.05 Å². The molecule has 1 aromatic carbocycles. The van der Waals surface area contributed by atoms with Crippen LogP contribution in [0.1, 0.15) is 22.5 Å². The fourth-order valence-electron chi connectivity index (χ4n) is 3.95. The quantitative estimate of drug-likeness (QED) is 0.542. The molecule has 0 radical (unpaired) electrons. The minimum absolute atomic E-state index is 0.574. The molecule has 1 saturated heterocycles. The first kappa shape index (κ1) is 23.0. The highest BCUT2D eigenvalue weighted by atomic mass is 35.5. The second kappa shape index (κ2) is 9.79. The molecule has 1 fully saturated rings. The SMILES string of the molecule is Cc1nn(Cc2ccc(Cl)cc2Cl)c(C)c1NC(=S)N1CCN(Cc2cnn(C)c2)CC1. The van der Waals surface area contributed by atoms with Crippen LogP contribution in [0, 0.1) is 13.8 Å². The molecule has 0 unspecified atom stereocenters. The number of nitrogens with zero attached hydrogens (tertiary/aromatic N) is 6. The van der Waals surface area contributed by atoms with Crippen LogP contribution < -0.4 is 5.32 Å². The first-order chi connectivity index (χ1) is 15.3. The van der Waals surface area contributed by atoms with Gasteiger partial charge in [0.05, 0.1) is 29.8 Å². The minimum atomic E-state index is 0.574. The Morgan fingerprint density at radius 1 is 1.12 bits per heavy atom. The summed E-state index contributed by atoms with van der Waals surface area (Å²) in [4.78, 5) is 4.65. The van der Waals surface area contributed by atoms with Crippen molar-refractivity contribution >= 4 is 46.2 Å². The largest absolute Gasteiger partial charge is 0.346 e. The number of aryl methyl sites for hydroxylation is 2. The Labute approximate surface area is 203 Å². The maximum Gasteiger partial charge on any atom is 0.173 e. The average molecular weight is 492 g/mol. The van der Waals surface area contributed by atoms with Gasteiger partial charge in [0.15, 0.2) is 5.11 Å². The molecule has 3 heterocycles. The number of hydrogen-bond donors (Lipinski definition) is 1. The number of rotatable bonds is 5. The Morgan fingerprint density at radius 2 is 1.88 bits per heavy atom. The van der Waals surface area contributed by atoms with Crippen LogP contribution in [0.4, 0.5) is 5.69 Å². The van der Waals surface area contributed by atoms with Crippen molar-refractivity contribution in [1.29, 1.82) is 0 Å². The predicted octanol–water partition coefficient (Wildman–Crippen LogP) is 4.10. The molecule has 1 aliphatic heterocycles. The van der Waals surface area contributed by atoms with Crippen molar-refractivity contribution in [1.82, 2.24) is 29.4 Å². The lowest BCUT2D eigenvalue weighted by Gasteiger charge is -2.36. The molecule has 0 amide bonds. The number of hydrogen-bond acceptors (Lipinski definition) is 4. The summed E-state index contributed by atoms with van der Waals surface area (Å²) in [7, 11) is 1.95. The summed E-state index contributed by atoms with van der Waals surface area (Å²) < 4.78 is 3.79. The molecule has 2 aromatic heterocycles. The Kier molecular flexibility index (Phi) is 7.05. The molecular formula is C22H27Cl2N7S. The Balaban J connectivity index is 1.36. The standard InChI is InChI=1S/C22H27Cl2N7S/c1-15-21(16(2)31(27-15)14-18-4-5-19(23)10-20(18)24)26-22(32)30-8-6-29(7-9-30)13-17-11-25-28(3)12-17/h4-5,10-12H,6-9,13-14H2,1-3H3,(H,26,32). The van der Waals surface area contributed by atoms with E-state index in [-0.39, 0.29) is 0 Å². The number of thiocarbonyl (C=S) groups is 1. The topological polar surface area (TPSA) is 54.2 Å². The number of benzene rings is 1. The highest BCUT2D eigenvalue weighted by Gasteiger charge is 2.21. The van der Waals surface area contributed by atoms with Gasteiger partial charge in [-0.25, -0.2) is 0 Å². The lowest BCUT2D eigenvalue weighted by molar-refractivity contribution is 0.177. The van der Waals surface area contributed by atoms with Crippen LogP contribution in [-0.2, 0) is 20.1 Å². The van der Waals surface area contributed by atoms with E-state index < -0.39 is 0 Å². The number of aromatic nitrogens is 4. The van der Waals surface area contributed by atoms with E-state index in [1.807, 2.05) is 48.6 Å². The normalized spacial score (nSPS) is 14.7. The second-order valence-corrected chi connectivity index (χ2v) is 9.39. The molecule has 170 valence electrons. The summed E-state index contributed by atoms with van der Waals surface area (Å²) in [6.07, 6.45) is 4.00. The zero-order valence-corrected chi connectivity index (χ0v) is 20.8. The van der Waals surface area contributed by atoms with Crippen molar-refractivity contribution in [2.45, 2.75) is 26.9 Å². The van der Waals surface area contributed by atoms with Gasteiger partial charge in [-0.15, -0.1) is 0 Å². The van der Waals surface area contributed by atoms with Gasteiger partial charge in [0.25, 0.3) is 0 Å². The molecule has 1 aliphatic rings. The molecule has 7 nitrogen and oxygen atoms in total. The molecule has 0 bridgehead atoms. The predicted molar refractivity (Wildman–Crippen MR) is 134 cm³/mol. The molecule has 10 heteroatoms. The van der Waals surface area contributed by atoms with E-state index >= 15 is 0 Å². The minimum Gasteiger partial charge on any atom is -0.346 e. The summed E-state index contributed by atoms with van der Waals surface area (Å²) in [5, 5.41) is 14.4. The van der Waals surface area contributed by atoms with Gasteiger partial charge < -0.3 is 10.2 Å². The lowest BCUT2D eigenvalue weighted by atomic mass is 10.2. The van der Waals surface area contributed by atoms with Gasteiger partial charge in [-0.1, -0.05) is 29.3 Å². The van der Waals surface area contributed by atoms with E-state index in [2.05, 4.69) is 26.4 Å². The van der Waals surface area contributed by atoms with E-state index in [9.17, 15) is 0 Å². The van der Waals surface area contributed by atoms with Gasteiger partial charge in [-0.05, 0) is 43.8 Å². The molecule has 3 aromatic rings. The zero-order valence-electron chi connectivity index (χ0n) is 18.5. The van der Waals surface area contributed by atoms with Crippen LogP contribution in [-0.4, -0.2) is 60.7 Å². The lowest BCUT2D eigenvalue weighted by Crippen LogP contribution is -2.49. The maximum atomic E-state index is 6.35. The monoisotopic (exact) mass is 491 g/mol. The molecule has 1 N–H and O–H groups in total. The van der Waals surface area contributed by atoms with Gasteiger partial charge in [0.1, 0.15) is 0 Å². The maximum absolute atomic E-state index is 6.35. The van der Waals surface area contributed by atoms with Crippen molar-refractivity contribution < 1.29 is 0 Å². The third-order valence-corrected chi connectivity index (χ3v) is 6.72. The van der Waals surface area contributed by atoms with Crippen LogP contribution in [0.15, 0.2) is 30.6 Å². The van der Waals surface area contributed by atoms with Crippen molar-refractivity contribution in [3.05, 3.63) is 63.2 Å². The highest BCUT2D eigenvalue weighted by molar-refractivity contribution is 7.80. The number of anilines is 1. The average Bonchev–Trinajstić information content (AvgIpc) is 3.28. The molecule has 32 heavy (non-hydrogen) atoms. The number of nitrogens with one attached hydrogen (secondary N) is 1. The van der Waals surface area contributed by atoms with E-state index in [0.29, 0.717) is 16.6 Å². The number of piperazine rings is 1. The fraction of sp³-hybridized carbons (Fsp3) is 0.409. The fourth-order valence-corrected chi connectivity index (χ4v) is 4.70. The van der Waals surface area contributed by atoms with E-state index in [4.69, 9.17) is 40.5 Å². The van der Waals surface area contributed by atoms with Crippen LogP contribution >= 0.6 is 35.4 Å². The molecule has 0 saturated carbocycles. The van der Waals surface area contributed by atoms with Gasteiger partial charge in [-0.2, -0.15) is 10.2 Å². The van der Waals surface area contributed by atoms with E-state index in [0.717, 1.165) is 60.5 Å². The van der Waals surface area contributed by atoms with E-state index in [1.54, 1.807) is 6.07 Å². The molecular weight excluding hydrogens is 465 g/mol. The smallest absolute Gasteiger partial charge is 0.173 e. The number of halogens is 2. The summed E-state index contributed by atoms with van der Waals surface area (Å²) in [6, 6.07) is 5.53. The third-order valence-electron chi connectivity index (χ3n) is 5.77. The Bertz CT molecular complexity index is 1120. The highest BCUT2D eigenvalue weighted by Crippen LogP contribution is 2.25. The van der Waals surface area contributed by atoms with Crippen LogP contribution in [0.25, 0.3) is 0 Å². The third kappa shape index (κ3) is 5.26. The summed E-state index contributed by atoms with van der Waals surface area (Å²) >= 11 is 18.1. The van der Waals surface area contributed by atoms with Crippen LogP contribution in [0.2, 0.25) is 10.0 Å². The second-order valence-electron chi connectivity index (χ2n) is 8.15. The first-order valence-corrected chi connectivity index (χ1v) is 11.7. The zero-order chi connectivity index (χ0) is 22.8. The van der Waals surface area contributed by atoms with Crippen molar-refractivity contribution in [2.75, 3.05) is 31.5 Å². The van der Waals surface area contributed by atoms with Gasteiger partial charge in [0, 0.05) is 61.6 Å². The van der Waals surface area contributed by atoms with E-state index in [1.165, 1.54) is 5.56 Å². The Hall–Kier alpha value is -2.13. The molecule has 0 spiro atoms. The first-order valence-electron chi connectivity index (χ1n) is 10.5. The molecule has 4 rings (SSSR count). The van der Waals surface area contributed by atoms with Crippen molar-refractivity contribution in [3.63, 3.8) is 0 Å². The summed E-state index contributed by atoms with van der Waals surface area (Å²) in [5.74, 6) is 0. The van der Waals surface area contributed by atoms with Gasteiger partial charge in [0.2, 0.25) is 0 Å². The summed E-state index contributed by atoms with van der Waals surface area (Å²) in [5.41, 5.74) is 5.09. The van der Waals surface area contributed by atoms with Gasteiger partial charge >= 0.3 is 0 Å². The van der Waals surface area contributed by atoms with Crippen LogP contribution in [0.5, 0.6) is 0 Å². The molecule has 0 atom stereocenters. The van der Waals surface area contributed by atoms with Crippen molar-refractivity contribution in [3.8, 4) is 0 Å². The summed E-state index contributed by atoms with van der Waals surface area (Å²) in [6.45, 7) is 9.22. The Morgan fingerprint density at radius 3 is 2.53 bits per heavy atom.